The van der Waals surface area contributed by atoms with Gasteiger partial charge in [-0.1, -0.05) is 49.4 Å². The van der Waals surface area contributed by atoms with Crippen molar-refractivity contribution in [2.24, 2.45) is 0 Å². The Morgan fingerprint density at radius 3 is 2.43 bits per heavy atom. The summed E-state index contributed by atoms with van der Waals surface area (Å²) in [5, 5.41) is 3.59. The third kappa shape index (κ3) is 5.24. The molecule has 0 saturated carbocycles. The summed E-state index contributed by atoms with van der Waals surface area (Å²) < 4.78 is 5.91. The molecule has 2 nitrogen and oxygen atoms in total. The van der Waals surface area contributed by atoms with E-state index in [9.17, 15) is 0 Å². The number of para-hydroxylation sites is 1. The molecular weight excluding hydrogens is 258 g/mol. The van der Waals surface area contributed by atoms with Gasteiger partial charge in [0, 0.05) is 6.04 Å². The minimum Gasteiger partial charge on any atom is -0.492 e. The predicted molar refractivity (Wildman–Crippen MR) is 88.9 cm³/mol. The molecule has 2 rings (SSSR count). The lowest BCUT2D eigenvalue weighted by Crippen LogP contribution is -2.37. The van der Waals surface area contributed by atoms with E-state index in [1.54, 1.807) is 0 Å². The second kappa shape index (κ2) is 8.48. The highest BCUT2D eigenvalue weighted by Gasteiger charge is 2.11. The average Bonchev–Trinajstić information content (AvgIpc) is 2.53. The van der Waals surface area contributed by atoms with Crippen LogP contribution in [-0.2, 0) is 6.42 Å². The van der Waals surface area contributed by atoms with E-state index in [0.29, 0.717) is 12.6 Å². The van der Waals surface area contributed by atoms with Crippen LogP contribution >= 0.6 is 0 Å². The van der Waals surface area contributed by atoms with Gasteiger partial charge in [-0.05, 0) is 49.6 Å². The zero-order chi connectivity index (χ0) is 14.9. The Morgan fingerprint density at radius 2 is 1.71 bits per heavy atom. The van der Waals surface area contributed by atoms with E-state index in [-0.39, 0.29) is 0 Å². The van der Waals surface area contributed by atoms with Crippen molar-refractivity contribution in [3.05, 3.63) is 65.7 Å². The van der Waals surface area contributed by atoms with E-state index in [4.69, 9.17) is 4.74 Å². The van der Waals surface area contributed by atoms with Crippen LogP contribution in [0, 0.1) is 6.92 Å². The van der Waals surface area contributed by atoms with Gasteiger partial charge in [0.25, 0.3) is 0 Å². The third-order valence-electron chi connectivity index (χ3n) is 3.60. The molecule has 0 radical (unpaired) electrons. The molecule has 0 aliphatic rings. The first kappa shape index (κ1) is 15.6. The molecule has 0 fully saturated rings. The molecule has 112 valence electrons. The summed E-state index contributed by atoms with van der Waals surface area (Å²) >= 11 is 0. The lowest BCUT2D eigenvalue weighted by molar-refractivity contribution is 0.263. The van der Waals surface area contributed by atoms with E-state index in [0.717, 1.165) is 25.1 Å². The summed E-state index contributed by atoms with van der Waals surface area (Å²) in [5.74, 6) is 0.936. The Balaban J connectivity index is 1.96. The van der Waals surface area contributed by atoms with Crippen LogP contribution in [0.4, 0.5) is 0 Å². The first-order chi connectivity index (χ1) is 10.3. The molecule has 2 aromatic carbocycles. The summed E-state index contributed by atoms with van der Waals surface area (Å²) in [7, 11) is 0. The Labute approximate surface area is 128 Å². The first-order valence-corrected chi connectivity index (χ1v) is 7.75. The molecular formula is C19H25NO. The van der Waals surface area contributed by atoms with Crippen molar-refractivity contribution >= 4 is 0 Å². The van der Waals surface area contributed by atoms with E-state index < -0.39 is 0 Å². The van der Waals surface area contributed by atoms with Crippen LogP contribution in [0.2, 0.25) is 0 Å². The van der Waals surface area contributed by atoms with E-state index in [2.05, 4.69) is 43.4 Å². The van der Waals surface area contributed by atoms with Crippen LogP contribution < -0.4 is 10.1 Å². The van der Waals surface area contributed by atoms with Crippen LogP contribution in [0.25, 0.3) is 0 Å². The molecule has 0 spiro atoms. The SMILES string of the molecule is CCCNC(COc1ccccc1)Cc1ccccc1C. The normalized spacial score (nSPS) is 12.1. The fraction of sp³-hybridized carbons (Fsp3) is 0.368. The van der Waals surface area contributed by atoms with Gasteiger partial charge in [0.05, 0.1) is 0 Å². The first-order valence-electron chi connectivity index (χ1n) is 7.75. The van der Waals surface area contributed by atoms with Crippen LogP contribution in [0.5, 0.6) is 5.75 Å². The summed E-state index contributed by atoms with van der Waals surface area (Å²) in [6, 6.07) is 18.9. The minimum absolute atomic E-state index is 0.339. The smallest absolute Gasteiger partial charge is 0.119 e. The minimum atomic E-state index is 0.339. The van der Waals surface area contributed by atoms with Crippen molar-refractivity contribution in [2.75, 3.05) is 13.2 Å². The maximum Gasteiger partial charge on any atom is 0.119 e. The topological polar surface area (TPSA) is 21.3 Å². The second-order valence-corrected chi connectivity index (χ2v) is 5.41. The van der Waals surface area contributed by atoms with Gasteiger partial charge in [-0.3, -0.25) is 0 Å². The van der Waals surface area contributed by atoms with Crippen molar-refractivity contribution in [3.8, 4) is 5.75 Å². The van der Waals surface area contributed by atoms with Gasteiger partial charge in [0.1, 0.15) is 12.4 Å². The standard InChI is InChI=1S/C19H25NO/c1-3-13-20-18(14-17-10-8-7-9-16(17)2)15-21-19-11-5-4-6-12-19/h4-12,18,20H,3,13-15H2,1-2H3. The van der Waals surface area contributed by atoms with Crippen LogP contribution in [0.1, 0.15) is 24.5 Å². The quantitative estimate of drug-likeness (QED) is 0.791. The fourth-order valence-corrected chi connectivity index (χ4v) is 2.36. The summed E-state index contributed by atoms with van der Waals surface area (Å²) in [4.78, 5) is 0. The second-order valence-electron chi connectivity index (χ2n) is 5.41. The van der Waals surface area contributed by atoms with Crippen molar-refractivity contribution < 1.29 is 4.74 Å². The number of aryl methyl sites for hydroxylation is 1. The average molecular weight is 283 g/mol. The van der Waals surface area contributed by atoms with Crippen molar-refractivity contribution in [1.29, 1.82) is 0 Å². The van der Waals surface area contributed by atoms with E-state index >= 15 is 0 Å². The molecule has 0 amide bonds. The Hall–Kier alpha value is -1.80. The number of rotatable bonds is 8. The molecule has 0 aromatic heterocycles. The van der Waals surface area contributed by atoms with Gasteiger partial charge < -0.3 is 10.1 Å². The van der Waals surface area contributed by atoms with Crippen molar-refractivity contribution in [1.82, 2.24) is 5.32 Å². The number of hydrogen-bond acceptors (Lipinski definition) is 2. The van der Waals surface area contributed by atoms with E-state index in [1.165, 1.54) is 11.1 Å². The zero-order valence-electron chi connectivity index (χ0n) is 13.0. The maximum atomic E-state index is 5.91. The highest BCUT2D eigenvalue weighted by Crippen LogP contribution is 2.12. The van der Waals surface area contributed by atoms with Crippen LogP contribution in [0.15, 0.2) is 54.6 Å². The van der Waals surface area contributed by atoms with Gasteiger partial charge in [0.2, 0.25) is 0 Å². The zero-order valence-corrected chi connectivity index (χ0v) is 13.0. The molecule has 1 unspecified atom stereocenters. The molecule has 0 bridgehead atoms. The predicted octanol–water partition coefficient (Wildman–Crippen LogP) is 3.98. The Morgan fingerprint density at radius 1 is 1.00 bits per heavy atom. The number of benzene rings is 2. The maximum absolute atomic E-state index is 5.91. The van der Waals surface area contributed by atoms with Gasteiger partial charge in [-0.2, -0.15) is 0 Å². The fourth-order valence-electron chi connectivity index (χ4n) is 2.36. The summed E-state index contributed by atoms with van der Waals surface area (Å²) in [6.07, 6.45) is 2.13. The molecule has 0 saturated heterocycles. The number of nitrogens with one attached hydrogen (secondary N) is 1. The highest BCUT2D eigenvalue weighted by atomic mass is 16.5. The lowest BCUT2D eigenvalue weighted by atomic mass is 10.0. The summed E-state index contributed by atoms with van der Waals surface area (Å²) in [5.41, 5.74) is 2.74. The molecule has 2 aromatic rings. The molecule has 0 heterocycles. The molecule has 0 aliphatic heterocycles. The van der Waals surface area contributed by atoms with Gasteiger partial charge in [-0.25, -0.2) is 0 Å². The van der Waals surface area contributed by atoms with Crippen LogP contribution in [0.3, 0.4) is 0 Å². The van der Waals surface area contributed by atoms with Crippen molar-refractivity contribution in [2.45, 2.75) is 32.7 Å². The Kier molecular flexibility index (Phi) is 6.29. The lowest BCUT2D eigenvalue weighted by Gasteiger charge is -2.20. The molecule has 21 heavy (non-hydrogen) atoms. The molecule has 1 atom stereocenters. The van der Waals surface area contributed by atoms with Gasteiger partial charge >= 0.3 is 0 Å². The van der Waals surface area contributed by atoms with Crippen molar-refractivity contribution in [3.63, 3.8) is 0 Å². The number of ether oxygens (including phenoxy) is 1. The third-order valence-corrected chi connectivity index (χ3v) is 3.60. The largest absolute Gasteiger partial charge is 0.492 e. The Bertz CT molecular complexity index is 524. The van der Waals surface area contributed by atoms with Gasteiger partial charge in [-0.15, -0.1) is 0 Å². The summed E-state index contributed by atoms with van der Waals surface area (Å²) in [6.45, 7) is 6.08. The van der Waals surface area contributed by atoms with Crippen LogP contribution in [-0.4, -0.2) is 19.2 Å². The van der Waals surface area contributed by atoms with Gasteiger partial charge in [0.15, 0.2) is 0 Å². The molecule has 1 N–H and O–H groups in total. The molecule has 0 aliphatic carbocycles. The van der Waals surface area contributed by atoms with E-state index in [1.807, 2.05) is 30.3 Å². The number of hydrogen-bond donors (Lipinski definition) is 1. The highest BCUT2D eigenvalue weighted by molar-refractivity contribution is 5.26. The monoisotopic (exact) mass is 283 g/mol. The molecule has 2 heteroatoms.